The Morgan fingerprint density at radius 1 is 0.407 bits per heavy atom. The molecule has 0 aliphatic rings. The first kappa shape index (κ1) is 42.1. The molecule has 0 saturated heterocycles. The molecule has 4 rings (SSSR count). The molecule has 0 fully saturated rings. The molecular formula is C46H48O8. The summed E-state index contributed by atoms with van der Waals surface area (Å²) in [6, 6.07) is 38.5. The Morgan fingerprint density at radius 2 is 0.685 bits per heavy atom. The Labute approximate surface area is 317 Å². The van der Waals surface area contributed by atoms with Crippen molar-refractivity contribution < 1.29 is 39.6 Å². The van der Waals surface area contributed by atoms with Crippen molar-refractivity contribution >= 4 is 35.0 Å². The molecule has 4 N–H and O–H groups in total. The average Bonchev–Trinajstić information content (AvgIpc) is 3.12. The lowest BCUT2D eigenvalue weighted by molar-refractivity contribution is -0.142. The third-order valence-corrected chi connectivity index (χ3v) is 8.61. The molecule has 280 valence electrons. The van der Waals surface area contributed by atoms with Crippen LogP contribution in [0.4, 0.5) is 0 Å². The van der Waals surface area contributed by atoms with E-state index < -0.39 is 35.0 Å². The number of benzene rings is 4. The van der Waals surface area contributed by atoms with Gasteiger partial charge in [-0.2, -0.15) is 0 Å². The number of rotatable bonds is 14. The van der Waals surface area contributed by atoms with Gasteiger partial charge >= 0.3 is 23.9 Å². The van der Waals surface area contributed by atoms with Crippen LogP contribution in [0.25, 0.3) is 11.1 Å². The smallest absolute Gasteiger partial charge is 0.343 e. The van der Waals surface area contributed by atoms with Gasteiger partial charge in [0.15, 0.2) is 0 Å². The third kappa shape index (κ3) is 11.4. The lowest BCUT2D eigenvalue weighted by Gasteiger charge is -2.23. The second-order valence-corrected chi connectivity index (χ2v) is 13.6. The molecule has 0 amide bonds. The Morgan fingerprint density at radius 3 is 0.963 bits per heavy atom. The molecule has 0 aromatic heterocycles. The first-order valence-corrected chi connectivity index (χ1v) is 17.7. The lowest BCUT2D eigenvalue weighted by Crippen LogP contribution is -2.18. The number of hydrogen-bond donors (Lipinski definition) is 4. The van der Waals surface area contributed by atoms with Crippen molar-refractivity contribution in [2.24, 2.45) is 11.8 Å². The van der Waals surface area contributed by atoms with Gasteiger partial charge in [-0.15, -0.1) is 0 Å². The first-order chi connectivity index (χ1) is 25.6. The van der Waals surface area contributed by atoms with E-state index in [1.165, 1.54) is 6.92 Å². The normalized spacial score (nSPS) is 10.4. The van der Waals surface area contributed by atoms with Gasteiger partial charge in [-0.3, -0.25) is 0 Å². The second-order valence-electron chi connectivity index (χ2n) is 13.6. The van der Waals surface area contributed by atoms with E-state index in [0.717, 1.165) is 39.0 Å². The highest BCUT2D eigenvalue weighted by molar-refractivity contribution is 6.15. The van der Waals surface area contributed by atoms with Crippen molar-refractivity contribution in [3.63, 3.8) is 0 Å². The van der Waals surface area contributed by atoms with E-state index in [0.29, 0.717) is 24.0 Å². The number of carbonyl (C=O) groups is 4. The highest BCUT2D eigenvalue weighted by atomic mass is 16.4. The van der Waals surface area contributed by atoms with Crippen LogP contribution in [0.15, 0.2) is 155 Å². The summed E-state index contributed by atoms with van der Waals surface area (Å²) in [5, 5.41) is 38.0. The molecule has 0 saturated carbocycles. The molecule has 0 heterocycles. The van der Waals surface area contributed by atoms with Gasteiger partial charge in [-0.1, -0.05) is 149 Å². The minimum Gasteiger partial charge on any atom is -0.477 e. The molecule has 54 heavy (non-hydrogen) atoms. The van der Waals surface area contributed by atoms with Crippen LogP contribution in [0.1, 0.15) is 76.6 Å². The zero-order chi connectivity index (χ0) is 39.9. The molecule has 0 radical (unpaired) electrons. The molecule has 0 spiro atoms. The number of aliphatic carboxylic acids is 4. The minimum atomic E-state index is -1.44. The van der Waals surface area contributed by atoms with Gasteiger partial charge in [0.25, 0.3) is 0 Å². The summed E-state index contributed by atoms with van der Waals surface area (Å²) in [6.45, 7) is 11.3. The maximum Gasteiger partial charge on any atom is 0.343 e. The molecule has 8 nitrogen and oxygen atoms in total. The van der Waals surface area contributed by atoms with Crippen molar-refractivity contribution in [2.75, 3.05) is 0 Å². The lowest BCUT2D eigenvalue weighted by atomic mass is 9.81. The van der Waals surface area contributed by atoms with E-state index in [9.17, 15) is 39.6 Å². The van der Waals surface area contributed by atoms with Crippen LogP contribution in [0.3, 0.4) is 0 Å². The molecule has 0 atom stereocenters. The van der Waals surface area contributed by atoms with E-state index >= 15 is 0 Å². The Bertz CT molecular complexity index is 1940. The summed E-state index contributed by atoms with van der Waals surface area (Å²) in [5.74, 6) is -5.38. The summed E-state index contributed by atoms with van der Waals surface area (Å²) >= 11 is 0. The third-order valence-electron chi connectivity index (χ3n) is 8.61. The average molecular weight is 729 g/mol. The standard InChI is InChI=1S/C26H30O4.C20H18O4/c1-17(2)15-21(22(16-18(3)4)24(25(27)28)26(29)30)23(19-11-7-5-8-12-19)20-13-9-6-10-14-20;1-13(14(2)18(19(21)22)20(23)24)17(15-9-5-3-6-10-15)16-11-7-4-8-12-16/h5-14,17-18H,15-16H2,1-4H3,(H,27,28)(H,29,30);3-12H,1-2H3,(H,21,22)(H,23,24). The molecule has 0 aliphatic heterocycles. The fraction of sp³-hybridized carbons (Fsp3) is 0.217. The van der Waals surface area contributed by atoms with E-state index in [1.54, 1.807) is 6.92 Å². The van der Waals surface area contributed by atoms with Crippen LogP contribution < -0.4 is 0 Å². The van der Waals surface area contributed by atoms with Crippen LogP contribution in [-0.2, 0) is 19.2 Å². The summed E-state index contributed by atoms with van der Waals surface area (Å²) in [5.41, 5.74) is 6.27. The number of carboxylic acids is 4. The van der Waals surface area contributed by atoms with E-state index in [2.05, 4.69) is 13.8 Å². The van der Waals surface area contributed by atoms with Gasteiger partial charge in [0.05, 0.1) is 0 Å². The van der Waals surface area contributed by atoms with Crippen LogP contribution >= 0.6 is 0 Å². The van der Waals surface area contributed by atoms with Crippen LogP contribution in [0.2, 0.25) is 0 Å². The Hall–Kier alpha value is -6.28. The first-order valence-electron chi connectivity index (χ1n) is 17.7. The summed E-state index contributed by atoms with van der Waals surface area (Å²) in [6.07, 6.45) is 0.949. The fourth-order valence-electron chi connectivity index (χ4n) is 6.24. The number of carboxylic acid groups (broad SMARTS) is 4. The number of allylic oxidation sites excluding steroid dienone is 4. The van der Waals surface area contributed by atoms with Crippen LogP contribution in [0.5, 0.6) is 0 Å². The summed E-state index contributed by atoms with van der Waals surface area (Å²) in [4.78, 5) is 46.6. The SMILES string of the molecule is CC(C(C)=C(c1ccccc1)c1ccccc1)=C(C(=O)O)C(=O)O.CC(C)CC(C(CC(C)C)=C(c1ccccc1)c1ccccc1)=C(C(=O)O)C(=O)O. The van der Waals surface area contributed by atoms with Gasteiger partial charge in [-0.25, -0.2) is 19.2 Å². The van der Waals surface area contributed by atoms with Gasteiger partial charge in [0, 0.05) is 0 Å². The van der Waals surface area contributed by atoms with Crippen molar-refractivity contribution in [2.45, 2.75) is 54.4 Å². The van der Waals surface area contributed by atoms with Gasteiger partial charge in [0.1, 0.15) is 11.1 Å². The van der Waals surface area contributed by atoms with Gasteiger partial charge in [-0.05, 0) is 94.2 Å². The number of hydrogen-bond acceptors (Lipinski definition) is 4. The van der Waals surface area contributed by atoms with E-state index in [-0.39, 0.29) is 17.4 Å². The molecule has 0 aliphatic carbocycles. The van der Waals surface area contributed by atoms with Crippen LogP contribution in [-0.4, -0.2) is 44.3 Å². The summed E-state index contributed by atoms with van der Waals surface area (Å²) in [7, 11) is 0. The van der Waals surface area contributed by atoms with Crippen molar-refractivity contribution in [3.8, 4) is 0 Å². The maximum atomic E-state index is 12.0. The molecule has 4 aromatic rings. The maximum absolute atomic E-state index is 12.0. The largest absolute Gasteiger partial charge is 0.477 e. The zero-order valence-corrected chi connectivity index (χ0v) is 31.5. The minimum absolute atomic E-state index is 0.101. The quantitative estimate of drug-likeness (QED) is 0.0434. The molecule has 8 heteroatoms. The molecular weight excluding hydrogens is 680 g/mol. The predicted octanol–water partition coefficient (Wildman–Crippen LogP) is 10.0. The Kier molecular flexibility index (Phi) is 15.7. The van der Waals surface area contributed by atoms with Gasteiger partial charge < -0.3 is 20.4 Å². The topological polar surface area (TPSA) is 149 Å². The van der Waals surface area contributed by atoms with Crippen molar-refractivity contribution in [1.82, 2.24) is 0 Å². The van der Waals surface area contributed by atoms with Crippen molar-refractivity contribution in [1.29, 1.82) is 0 Å². The monoisotopic (exact) mass is 728 g/mol. The summed E-state index contributed by atoms with van der Waals surface area (Å²) < 4.78 is 0. The van der Waals surface area contributed by atoms with E-state index in [4.69, 9.17) is 0 Å². The highest BCUT2D eigenvalue weighted by Gasteiger charge is 2.28. The molecule has 0 unspecified atom stereocenters. The Balaban J connectivity index is 0.000000297. The second kappa shape index (κ2) is 20.1. The molecule has 4 aromatic carbocycles. The zero-order valence-electron chi connectivity index (χ0n) is 31.5. The highest BCUT2D eigenvalue weighted by Crippen LogP contribution is 2.38. The van der Waals surface area contributed by atoms with Crippen LogP contribution in [0, 0.1) is 11.8 Å². The van der Waals surface area contributed by atoms with E-state index in [1.807, 2.05) is 135 Å². The van der Waals surface area contributed by atoms with Gasteiger partial charge in [0.2, 0.25) is 0 Å². The predicted molar refractivity (Wildman–Crippen MR) is 213 cm³/mol. The van der Waals surface area contributed by atoms with Crippen molar-refractivity contribution in [3.05, 3.63) is 177 Å². The molecule has 0 bridgehead atoms. The fourth-order valence-corrected chi connectivity index (χ4v) is 6.24.